The lowest BCUT2D eigenvalue weighted by Gasteiger charge is -2.27. The molecular weight excluding hydrogens is 288 g/mol. The summed E-state index contributed by atoms with van der Waals surface area (Å²) in [5.74, 6) is 1.51. The van der Waals surface area contributed by atoms with Crippen LogP contribution < -0.4 is 5.32 Å². The quantitative estimate of drug-likeness (QED) is 0.848. The highest BCUT2D eigenvalue weighted by atomic mass is 32.1. The van der Waals surface area contributed by atoms with Gasteiger partial charge in [-0.2, -0.15) is 0 Å². The summed E-state index contributed by atoms with van der Waals surface area (Å²) in [6.45, 7) is 1.16. The Balaban J connectivity index is 1.96. The summed E-state index contributed by atoms with van der Waals surface area (Å²) in [6, 6.07) is 7.48. The monoisotopic (exact) mass is 300 g/mol. The number of nitrogens with zero attached hydrogens (tertiary/aromatic N) is 1. The number of carboxylic acid groups (broad SMARTS) is 1. The predicted octanol–water partition coefficient (Wildman–Crippen LogP) is 2.30. The fourth-order valence-corrected chi connectivity index (χ4v) is 2.96. The molecule has 2 heterocycles. The van der Waals surface area contributed by atoms with Crippen molar-refractivity contribution in [2.24, 2.45) is 0 Å². The van der Waals surface area contributed by atoms with Crippen LogP contribution in [0.5, 0.6) is 0 Å². The van der Waals surface area contributed by atoms with Crippen LogP contribution in [0.3, 0.4) is 0 Å². The molecule has 1 fully saturated rings. The first-order valence-corrected chi connectivity index (χ1v) is 7.14. The lowest BCUT2D eigenvalue weighted by Crippen LogP contribution is -2.40. The van der Waals surface area contributed by atoms with Gasteiger partial charge in [0.25, 0.3) is 0 Å². The van der Waals surface area contributed by atoms with Crippen LogP contribution in [-0.2, 0) is 4.74 Å². The Morgan fingerprint density at radius 3 is 2.95 bits per heavy atom. The van der Waals surface area contributed by atoms with E-state index in [-0.39, 0.29) is 11.7 Å². The number of thiazole rings is 1. The molecule has 0 bridgehead atoms. The zero-order chi connectivity index (χ0) is 14.8. The maximum absolute atomic E-state index is 11.3. The number of ether oxygens (including phenoxy) is 1. The highest BCUT2D eigenvalue weighted by molar-refractivity contribution is 7.19. The van der Waals surface area contributed by atoms with Crippen LogP contribution in [-0.4, -0.2) is 35.3 Å². The Bertz CT molecular complexity index is 729. The molecule has 1 aromatic heterocycles. The molecule has 1 aromatic carbocycles. The Kier molecular flexibility index (Phi) is 3.60. The molecule has 5 nitrogen and oxygen atoms in total. The van der Waals surface area contributed by atoms with Crippen molar-refractivity contribution in [1.29, 1.82) is 0 Å². The van der Waals surface area contributed by atoms with Gasteiger partial charge < -0.3 is 15.2 Å². The van der Waals surface area contributed by atoms with Crippen LogP contribution in [0, 0.1) is 12.3 Å². The van der Waals surface area contributed by atoms with E-state index in [1.165, 1.54) is 11.3 Å². The van der Waals surface area contributed by atoms with Crippen LogP contribution in [0.15, 0.2) is 24.3 Å². The molecule has 0 amide bonds. The first-order valence-electron chi connectivity index (χ1n) is 6.33. The van der Waals surface area contributed by atoms with Gasteiger partial charge in [-0.15, -0.1) is 6.42 Å². The van der Waals surface area contributed by atoms with E-state index in [1.807, 2.05) is 24.3 Å². The molecular formula is C15H12N2O3S. The first kappa shape index (κ1) is 13.6. The number of aromatic carboxylic acids is 1. The lowest BCUT2D eigenvalue weighted by molar-refractivity contribution is 0.0211. The average molecular weight is 300 g/mol. The van der Waals surface area contributed by atoms with Crippen molar-refractivity contribution in [1.82, 2.24) is 4.98 Å². The zero-order valence-corrected chi connectivity index (χ0v) is 11.8. The van der Waals surface area contributed by atoms with Gasteiger partial charge in [-0.1, -0.05) is 29.4 Å². The molecule has 0 saturated carbocycles. The number of rotatable bonds is 4. The number of nitrogens with one attached hydrogen (secondary N) is 1. The van der Waals surface area contributed by atoms with E-state index in [0.29, 0.717) is 23.2 Å². The molecule has 0 spiro atoms. The third-order valence-electron chi connectivity index (χ3n) is 3.08. The minimum absolute atomic E-state index is 0.0352. The van der Waals surface area contributed by atoms with Crippen LogP contribution in [0.2, 0.25) is 0 Å². The van der Waals surface area contributed by atoms with Gasteiger partial charge >= 0.3 is 5.97 Å². The second kappa shape index (κ2) is 5.56. The summed E-state index contributed by atoms with van der Waals surface area (Å²) in [5, 5.41) is 13.6. The normalized spacial score (nSPS) is 14.2. The van der Waals surface area contributed by atoms with Gasteiger partial charge in [-0.25, -0.2) is 9.78 Å². The average Bonchev–Trinajstić information content (AvgIpc) is 2.87. The molecule has 1 saturated heterocycles. The zero-order valence-electron chi connectivity index (χ0n) is 11.0. The molecule has 106 valence electrons. The van der Waals surface area contributed by atoms with E-state index in [9.17, 15) is 9.90 Å². The van der Waals surface area contributed by atoms with Crippen LogP contribution in [0.4, 0.5) is 5.00 Å². The third-order valence-corrected chi connectivity index (χ3v) is 4.11. The van der Waals surface area contributed by atoms with Crippen molar-refractivity contribution >= 4 is 22.3 Å². The maximum Gasteiger partial charge on any atom is 0.357 e. The molecule has 0 radical (unpaired) electrons. The van der Waals surface area contributed by atoms with Crippen molar-refractivity contribution in [2.45, 2.75) is 6.04 Å². The number of hydrogen-bond donors (Lipinski definition) is 2. The summed E-state index contributed by atoms with van der Waals surface area (Å²) in [5.41, 5.74) is 1.59. The number of carboxylic acids is 1. The Morgan fingerprint density at radius 2 is 2.33 bits per heavy atom. The van der Waals surface area contributed by atoms with Gasteiger partial charge in [0.15, 0.2) is 5.69 Å². The van der Waals surface area contributed by atoms with Gasteiger partial charge in [0.1, 0.15) is 10.0 Å². The standard InChI is InChI=1S/C15H12N2O3S/c1-2-9-4-3-5-10(6-9)13-17-12(15(18)19)14(21-13)16-11-7-20-8-11/h1,3-6,11,16H,7-8H2,(H,18,19). The molecule has 3 rings (SSSR count). The Hall–Kier alpha value is -2.36. The topological polar surface area (TPSA) is 71.5 Å². The summed E-state index contributed by atoms with van der Waals surface area (Å²) in [4.78, 5) is 15.5. The second-order valence-electron chi connectivity index (χ2n) is 4.61. The van der Waals surface area contributed by atoms with Gasteiger partial charge in [0, 0.05) is 11.1 Å². The van der Waals surface area contributed by atoms with Gasteiger partial charge in [0.2, 0.25) is 0 Å². The van der Waals surface area contributed by atoms with Crippen molar-refractivity contribution in [3.05, 3.63) is 35.5 Å². The third kappa shape index (κ3) is 2.75. The largest absolute Gasteiger partial charge is 0.476 e. The van der Waals surface area contributed by atoms with Crippen LogP contribution in [0.25, 0.3) is 10.6 Å². The molecule has 2 N–H and O–H groups in total. The second-order valence-corrected chi connectivity index (χ2v) is 5.60. The van der Waals surface area contributed by atoms with Gasteiger partial charge in [-0.05, 0) is 12.1 Å². The van der Waals surface area contributed by atoms with E-state index >= 15 is 0 Å². The summed E-state index contributed by atoms with van der Waals surface area (Å²) in [6.07, 6.45) is 5.38. The predicted molar refractivity (Wildman–Crippen MR) is 80.7 cm³/mol. The van der Waals surface area contributed by atoms with Crippen molar-refractivity contribution in [3.63, 3.8) is 0 Å². The number of carbonyl (C=O) groups is 1. The first-order chi connectivity index (χ1) is 10.2. The molecule has 0 atom stereocenters. The minimum Gasteiger partial charge on any atom is -0.476 e. The highest BCUT2D eigenvalue weighted by Crippen LogP contribution is 2.33. The van der Waals surface area contributed by atoms with Crippen LogP contribution >= 0.6 is 11.3 Å². The number of anilines is 1. The van der Waals surface area contributed by atoms with E-state index in [2.05, 4.69) is 16.2 Å². The van der Waals surface area contributed by atoms with E-state index < -0.39 is 5.97 Å². The highest BCUT2D eigenvalue weighted by Gasteiger charge is 2.24. The molecule has 1 aliphatic heterocycles. The smallest absolute Gasteiger partial charge is 0.357 e. The molecule has 21 heavy (non-hydrogen) atoms. The fraction of sp³-hybridized carbons (Fsp3) is 0.200. The fourth-order valence-electron chi connectivity index (χ4n) is 1.93. The minimum atomic E-state index is -1.05. The SMILES string of the molecule is C#Cc1cccc(-c2nc(C(=O)O)c(NC3COC3)s2)c1. The Morgan fingerprint density at radius 1 is 1.52 bits per heavy atom. The van der Waals surface area contributed by atoms with E-state index in [4.69, 9.17) is 11.2 Å². The molecule has 0 unspecified atom stereocenters. The summed E-state index contributed by atoms with van der Waals surface area (Å²) in [7, 11) is 0. The van der Waals surface area contributed by atoms with Crippen molar-refractivity contribution in [3.8, 4) is 22.9 Å². The van der Waals surface area contributed by atoms with Gasteiger partial charge in [-0.3, -0.25) is 0 Å². The van der Waals surface area contributed by atoms with Gasteiger partial charge in [0.05, 0.1) is 19.3 Å². The van der Waals surface area contributed by atoms with Crippen LogP contribution in [0.1, 0.15) is 16.1 Å². The molecule has 2 aromatic rings. The Labute approximate surface area is 125 Å². The number of aromatic nitrogens is 1. The number of terminal acetylenes is 1. The van der Waals surface area contributed by atoms with E-state index in [0.717, 1.165) is 11.1 Å². The molecule has 6 heteroatoms. The molecule has 1 aliphatic rings. The van der Waals surface area contributed by atoms with Crippen molar-refractivity contribution in [2.75, 3.05) is 18.5 Å². The van der Waals surface area contributed by atoms with E-state index in [1.54, 1.807) is 0 Å². The summed E-state index contributed by atoms with van der Waals surface area (Å²) >= 11 is 1.31. The van der Waals surface area contributed by atoms with Crippen molar-refractivity contribution < 1.29 is 14.6 Å². The molecule has 0 aliphatic carbocycles. The number of benzene rings is 1. The lowest BCUT2D eigenvalue weighted by atomic mass is 10.1. The number of hydrogen-bond acceptors (Lipinski definition) is 5. The summed E-state index contributed by atoms with van der Waals surface area (Å²) < 4.78 is 5.08. The maximum atomic E-state index is 11.3.